The quantitative estimate of drug-likeness (QED) is 0.378. The number of carbonyl (C=O) groups excluding carboxylic acids is 2. The first-order valence-corrected chi connectivity index (χ1v) is 11.7. The van der Waals surface area contributed by atoms with Crippen molar-refractivity contribution in [2.45, 2.75) is 25.9 Å². The van der Waals surface area contributed by atoms with Gasteiger partial charge in [-0.05, 0) is 24.6 Å². The van der Waals surface area contributed by atoms with Crippen LogP contribution in [0.3, 0.4) is 0 Å². The number of aliphatic imine (C=N–C) groups is 1. The summed E-state index contributed by atoms with van der Waals surface area (Å²) in [6.45, 7) is 3.43. The number of aliphatic hydroxyl groups excluding tert-OH is 1. The second kappa shape index (κ2) is 8.77. The van der Waals surface area contributed by atoms with Gasteiger partial charge in [0.15, 0.2) is 17.3 Å². The minimum absolute atomic E-state index is 0.00633. The van der Waals surface area contributed by atoms with Gasteiger partial charge in [-0.25, -0.2) is 4.79 Å². The summed E-state index contributed by atoms with van der Waals surface area (Å²) in [4.78, 5) is 42.8. The van der Waals surface area contributed by atoms with Crippen LogP contribution in [-0.4, -0.2) is 42.7 Å². The smallest absolute Gasteiger partial charge is 0.336 e. The van der Waals surface area contributed by atoms with E-state index in [1.165, 1.54) is 32.6 Å². The Labute approximate surface area is 215 Å². The summed E-state index contributed by atoms with van der Waals surface area (Å²) in [6, 6.07) is 7.82. The molecule has 9 nitrogen and oxygen atoms in total. The topological polar surface area (TPSA) is 125 Å². The lowest BCUT2D eigenvalue weighted by Crippen LogP contribution is -2.52. The number of nitrogens with zero attached hydrogens (tertiary/aromatic N) is 1. The minimum atomic E-state index is -1.89. The van der Waals surface area contributed by atoms with Crippen molar-refractivity contribution in [3.05, 3.63) is 68.2 Å². The number of benzene rings is 2. The van der Waals surface area contributed by atoms with E-state index in [2.05, 4.69) is 4.99 Å². The normalized spacial score (nSPS) is 21.2. The molecule has 0 radical (unpaired) electrons. The van der Waals surface area contributed by atoms with E-state index in [9.17, 15) is 19.5 Å². The van der Waals surface area contributed by atoms with E-state index in [1.54, 1.807) is 32.0 Å². The molecule has 0 saturated carbocycles. The Morgan fingerprint density at radius 2 is 1.86 bits per heavy atom. The molecule has 0 amide bonds. The molecule has 1 aliphatic carbocycles. The molecule has 2 atom stereocenters. The number of allylic oxidation sites excluding steroid dienone is 1. The lowest BCUT2D eigenvalue weighted by molar-refractivity contribution is -0.118. The van der Waals surface area contributed by atoms with Crippen molar-refractivity contribution in [2.24, 2.45) is 10.9 Å². The Bertz CT molecular complexity index is 1620. The molecule has 190 valence electrons. The third-order valence-corrected chi connectivity index (χ3v) is 7.15. The number of rotatable bonds is 4. The molecule has 0 fully saturated rings. The fourth-order valence-corrected chi connectivity index (χ4v) is 5.11. The minimum Gasteiger partial charge on any atom is -0.507 e. The number of ketones is 2. The van der Waals surface area contributed by atoms with E-state index in [0.29, 0.717) is 11.3 Å². The number of hydrogen-bond donors (Lipinski definition) is 1. The van der Waals surface area contributed by atoms with Crippen LogP contribution in [0.5, 0.6) is 17.2 Å². The van der Waals surface area contributed by atoms with Gasteiger partial charge in [0.1, 0.15) is 27.7 Å². The van der Waals surface area contributed by atoms with Gasteiger partial charge in [0.2, 0.25) is 11.4 Å². The van der Waals surface area contributed by atoms with Gasteiger partial charge in [-0.1, -0.05) is 18.5 Å². The zero-order valence-corrected chi connectivity index (χ0v) is 21.1. The number of fused-ring (bicyclic) bond motifs is 2. The molecule has 0 bridgehead atoms. The largest absolute Gasteiger partial charge is 0.507 e. The van der Waals surface area contributed by atoms with Gasteiger partial charge in [0.05, 0.1) is 25.5 Å². The van der Waals surface area contributed by atoms with Crippen molar-refractivity contribution < 1.29 is 33.3 Å². The number of aliphatic hydroxyl groups is 1. The van der Waals surface area contributed by atoms with E-state index >= 15 is 0 Å². The van der Waals surface area contributed by atoms with Crippen LogP contribution >= 0.6 is 11.6 Å². The van der Waals surface area contributed by atoms with E-state index in [1.807, 2.05) is 0 Å². The fourth-order valence-electron chi connectivity index (χ4n) is 4.85. The fraction of sp³-hybridized carbons (Fsp3) is 0.259. The van der Waals surface area contributed by atoms with Gasteiger partial charge in [-0.15, -0.1) is 0 Å². The van der Waals surface area contributed by atoms with Crippen molar-refractivity contribution in [2.75, 3.05) is 14.2 Å². The number of ether oxygens (including phenoxy) is 3. The summed E-state index contributed by atoms with van der Waals surface area (Å²) in [5, 5.41) is 12.1. The van der Waals surface area contributed by atoms with Crippen molar-refractivity contribution in [3.8, 4) is 17.2 Å². The third kappa shape index (κ3) is 3.61. The standard InChI is InChI=1S/C27H22ClNO8/c1-12-7-21(31)36-18-9-14(5-6-15(12)18)29-11-16-17(30)8-13(2)27(25(16)32)26(33)22-19(34-3)10-20(35-4)23(28)24(22)37-27/h5-7,9-11,13,32H,8H2,1-4H3. The molecule has 5 rings (SSSR count). The van der Waals surface area contributed by atoms with Gasteiger partial charge in [0, 0.05) is 42.1 Å². The van der Waals surface area contributed by atoms with Crippen molar-refractivity contribution >= 4 is 46.0 Å². The zero-order chi connectivity index (χ0) is 26.6. The lowest BCUT2D eigenvalue weighted by Gasteiger charge is -2.36. The predicted octanol–water partition coefficient (Wildman–Crippen LogP) is 4.91. The van der Waals surface area contributed by atoms with E-state index in [0.717, 1.165) is 10.9 Å². The number of methoxy groups -OCH3 is 2. The molecular weight excluding hydrogens is 502 g/mol. The van der Waals surface area contributed by atoms with Crippen LogP contribution in [0.15, 0.2) is 55.9 Å². The highest BCUT2D eigenvalue weighted by Crippen LogP contribution is 2.54. The van der Waals surface area contributed by atoms with Crippen LogP contribution < -0.4 is 19.8 Å². The summed E-state index contributed by atoms with van der Waals surface area (Å²) in [6.07, 6.45) is 1.09. The maximum Gasteiger partial charge on any atom is 0.336 e. The Balaban J connectivity index is 1.61. The summed E-state index contributed by atoms with van der Waals surface area (Å²) >= 11 is 6.44. The van der Waals surface area contributed by atoms with Crippen LogP contribution in [0.25, 0.3) is 11.0 Å². The average molecular weight is 524 g/mol. The summed E-state index contributed by atoms with van der Waals surface area (Å²) in [5.74, 6) is -1.89. The molecule has 2 heterocycles. The van der Waals surface area contributed by atoms with Crippen molar-refractivity contribution in [3.63, 3.8) is 0 Å². The Kier molecular flexibility index (Phi) is 5.83. The van der Waals surface area contributed by atoms with E-state index in [-0.39, 0.29) is 39.8 Å². The highest BCUT2D eigenvalue weighted by Gasteiger charge is 2.60. The summed E-state index contributed by atoms with van der Waals surface area (Å²) in [5.41, 5.74) is -1.05. The van der Waals surface area contributed by atoms with E-state index in [4.69, 9.17) is 30.2 Å². The molecule has 2 aliphatic rings. The molecule has 1 spiro atoms. The SMILES string of the molecule is COc1cc(OC)c2c(c1Cl)OC1(C2=O)C(O)=C(C=Nc2ccc3c(C)cc(=O)oc3c2)C(=O)CC1C. The average Bonchev–Trinajstić information content (AvgIpc) is 3.17. The second-order valence-electron chi connectivity index (χ2n) is 8.94. The first-order chi connectivity index (χ1) is 17.6. The molecular formula is C27H22ClNO8. The Morgan fingerprint density at radius 3 is 2.57 bits per heavy atom. The molecule has 10 heteroatoms. The van der Waals surface area contributed by atoms with Crippen LogP contribution in [-0.2, 0) is 4.79 Å². The summed E-state index contributed by atoms with van der Waals surface area (Å²) < 4.78 is 22.0. The molecule has 1 aliphatic heterocycles. The Morgan fingerprint density at radius 1 is 1.14 bits per heavy atom. The van der Waals surface area contributed by atoms with Gasteiger partial charge in [-0.2, -0.15) is 0 Å². The molecule has 1 aromatic heterocycles. The molecule has 2 unspecified atom stereocenters. The van der Waals surface area contributed by atoms with Gasteiger partial charge in [-0.3, -0.25) is 14.6 Å². The van der Waals surface area contributed by atoms with Gasteiger partial charge >= 0.3 is 5.63 Å². The maximum atomic E-state index is 13.8. The zero-order valence-electron chi connectivity index (χ0n) is 20.4. The number of halogens is 1. The predicted molar refractivity (Wildman–Crippen MR) is 136 cm³/mol. The first-order valence-electron chi connectivity index (χ1n) is 11.4. The first kappa shape index (κ1) is 24.6. The maximum absolute atomic E-state index is 13.8. The molecule has 3 aromatic rings. The number of Topliss-reactive ketones (excluding diaryl/α,β-unsaturated/α-hetero) is 2. The van der Waals surface area contributed by atoms with Gasteiger partial charge in [0.25, 0.3) is 0 Å². The van der Waals surface area contributed by atoms with Crippen LogP contribution in [0, 0.1) is 12.8 Å². The molecule has 1 N–H and O–H groups in total. The highest BCUT2D eigenvalue weighted by atomic mass is 35.5. The molecule has 0 saturated heterocycles. The van der Waals surface area contributed by atoms with Crippen LogP contribution in [0.1, 0.15) is 29.3 Å². The second-order valence-corrected chi connectivity index (χ2v) is 9.32. The lowest BCUT2D eigenvalue weighted by atomic mass is 9.73. The molecule has 37 heavy (non-hydrogen) atoms. The van der Waals surface area contributed by atoms with Gasteiger partial charge < -0.3 is 23.7 Å². The molecule has 2 aromatic carbocycles. The third-order valence-electron chi connectivity index (χ3n) is 6.79. The summed E-state index contributed by atoms with van der Waals surface area (Å²) in [7, 11) is 2.79. The Hall–Kier alpha value is -4.11. The number of hydrogen-bond acceptors (Lipinski definition) is 9. The van der Waals surface area contributed by atoms with E-state index < -0.39 is 34.5 Å². The monoisotopic (exact) mass is 523 g/mol. The highest BCUT2D eigenvalue weighted by molar-refractivity contribution is 6.35. The van der Waals surface area contributed by atoms with Crippen molar-refractivity contribution in [1.29, 1.82) is 0 Å². The number of aryl methyl sites for hydroxylation is 1. The van der Waals surface area contributed by atoms with Crippen LogP contribution in [0.4, 0.5) is 5.69 Å². The van der Waals surface area contributed by atoms with Crippen molar-refractivity contribution in [1.82, 2.24) is 0 Å². The van der Waals surface area contributed by atoms with Crippen LogP contribution in [0.2, 0.25) is 5.02 Å². The number of carbonyl (C=O) groups is 2.